The van der Waals surface area contributed by atoms with E-state index in [0.717, 1.165) is 28.0 Å². The lowest BCUT2D eigenvalue weighted by molar-refractivity contribution is -0.118. The molecule has 0 saturated carbocycles. The molecule has 0 bridgehead atoms. The first-order valence-electron chi connectivity index (χ1n) is 9.79. The normalized spacial score (nSPS) is 15.4. The van der Waals surface area contributed by atoms with Crippen LogP contribution in [0, 0.1) is 0 Å². The van der Waals surface area contributed by atoms with Crippen LogP contribution in [0.25, 0.3) is 0 Å². The molecule has 1 atom stereocenters. The number of methoxy groups -OCH3 is 2. The van der Waals surface area contributed by atoms with Gasteiger partial charge in [-0.25, -0.2) is 0 Å². The summed E-state index contributed by atoms with van der Waals surface area (Å²) in [5.74, 6) is 1.77. The fraction of sp³-hybridized carbons (Fsp3) is 0.409. The molecule has 0 spiro atoms. The molecular weight excluding hydrogens is 468 g/mol. The summed E-state index contributed by atoms with van der Waals surface area (Å²) in [6, 6.07) is 13.9. The fourth-order valence-electron chi connectivity index (χ4n) is 3.35. The van der Waals surface area contributed by atoms with Crippen molar-refractivity contribution < 1.29 is 19.0 Å². The molecule has 8 heteroatoms. The van der Waals surface area contributed by atoms with E-state index in [1.54, 1.807) is 14.2 Å². The van der Waals surface area contributed by atoms with Gasteiger partial charge in [0.15, 0.2) is 11.5 Å². The fourth-order valence-corrected chi connectivity index (χ4v) is 4.34. The number of amides is 1. The Balaban J connectivity index is 1.65. The summed E-state index contributed by atoms with van der Waals surface area (Å²) in [6.45, 7) is 3.55. The minimum Gasteiger partial charge on any atom is -0.493 e. The number of rotatable bonds is 9. The number of carbonyl (C=O) groups is 1. The number of nitrogens with one attached hydrogen (secondary N) is 1. The molecule has 1 fully saturated rings. The molecule has 0 aliphatic carbocycles. The summed E-state index contributed by atoms with van der Waals surface area (Å²) in [7, 11) is 3.26. The Morgan fingerprint density at radius 2 is 1.83 bits per heavy atom. The molecule has 1 N–H and O–H groups in total. The first kappa shape index (κ1) is 22.9. The molecule has 1 amide bonds. The Morgan fingerprint density at radius 3 is 2.50 bits per heavy atom. The highest BCUT2D eigenvalue weighted by Crippen LogP contribution is 2.32. The molecule has 6 nitrogen and oxygen atoms in total. The van der Waals surface area contributed by atoms with Gasteiger partial charge in [0.05, 0.1) is 39.2 Å². The first-order valence-corrected chi connectivity index (χ1v) is 11.6. The van der Waals surface area contributed by atoms with Gasteiger partial charge in [0.2, 0.25) is 5.91 Å². The second-order valence-corrected chi connectivity index (χ2v) is 8.79. The highest BCUT2D eigenvalue weighted by Gasteiger charge is 2.24. The summed E-state index contributed by atoms with van der Waals surface area (Å²) < 4.78 is 17.4. The van der Waals surface area contributed by atoms with Gasteiger partial charge >= 0.3 is 0 Å². The van der Waals surface area contributed by atoms with Gasteiger partial charge in [0.1, 0.15) is 0 Å². The predicted octanol–water partition coefficient (Wildman–Crippen LogP) is 3.75. The van der Waals surface area contributed by atoms with Crippen molar-refractivity contribution in [2.45, 2.75) is 10.9 Å². The number of benzene rings is 2. The predicted molar refractivity (Wildman–Crippen MR) is 123 cm³/mol. The SMILES string of the molecule is COc1ccc(C(CNC(=O)CSc2ccc(Br)cc2)N2CCOCC2)cc1OC. The minimum atomic E-state index is 0.0154. The van der Waals surface area contributed by atoms with E-state index in [1.165, 1.54) is 11.8 Å². The third-order valence-electron chi connectivity index (χ3n) is 4.95. The zero-order valence-corrected chi connectivity index (χ0v) is 19.6. The van der Waals surface area contributed by atoms with E-state index < -0.39 is 0 Å². The van der Waals surface area contributed by atoms with E-state index in [0.29, 0.717) is 37.0 Å². The Morgan fingerprint density at radius 1 is 1.13 bits per heavy atom. The Labute approximate surface area is 190 Å². The lowest BCUT2D eigenvalue weighted by Gasteiger charge is -2.35. The van der Waals surface area contributed by atoms with Crippen molar-refractivity contribution in [1.29, 1.82) is 0 Å². The van der Waals surface area contributed by atoms with Crippen molar-refractivity contribution in [3.05, 3.63) is 52.5 Å². The maximum Gasteiger partial charge on any atom is 0.230 e. The molecule has 162 valence electrons. The van der Waals surface area contributed by atoms with E-state index in [-0.39, 0.29) is 11.9 Å². The molecule has 1 aliphatic heterocycles. The van der Waals surface area contributed by atoms with Crippen LogP contribution in [-0.4, -0.2) is 63.6 Å². The van der Waals surface area contributed by atoms with Gasteiger partial charge in [-0.1, -0.05) is 22.0 Å². The molecule has 1 aliphatic rings. The number of hydrogen-bond acceptors (Lipinski definition) is 6. The Hall–Kier alpha value is -1.74. The van der Waals surface area contributed by atoms with Crippen molar-refractivity contribution in [2.75, 3.05) is 52.8 Å². The summed E-state index contributed by atoms with van der Waals surface area (Å²) in [5.41, 5.74) is 1.08. The largest absolute Gasteiger partial charge is 0.493 e. The number of halogens is 1. The second kappa shape index (κ2) is 11.6. The van der Waals surface area contributed by atoms with Crippen molar-refractivity contribution in [2.24, 2.45) is 0 Å². The summed E-state index contributed by atoms with van der Waals surface area (Å²) >= 11 is 4.95. The van der Waals surface area contributed by atoms with Crippen molar-refractivity contribution >= 4 is 33.6 Å². The summed E-state index contributed by atoms with van der Waals surface area (Å²) in [5, 5.41) is 3.10. The number of morpholine rings is 1. The number of ether oxygens (including phenoxy) is 3. The van der Waals surface area contributed by atoms with Crippen LogP contribution in [0.2, 0.25) is 0 Å². The van der Waals surface area contributed by atoms with Crippen molar-refractivity contribution in [1.82, 2.24) is 10.2 Å². The zero-order chi connectivity index (χ0) is 21.3. The smallest absolute Gasteiger partial charge is 0.230 e. The average molecular weight is 495 g/mol. The summed E-state index contributed by atoms with van der Waals surface area (Å²) in [4.78, 5) is 15.9. The molecule has 30 heavy (non-hydrogen) atoms. The van der Waals surface area contributed by atoms with E-state index in [2.05, 4.69) is 26.1 Å². The molecule has 2 aromatic carbocycles. The van der Waals surface area contributed by atoms with Gasteiger partial charge < -0.3 is 19.5 Å². The van der Waals surface area contributed by atoms with E-state index in [1.807, 2.05) is 42.5 Å². The first-order chi connectivity index (χ1) is 14.6. The van der Waals surface area contributed by atoms with Gasteiger partial charge in [-0.05, 0) is 42.0 Å². The van der Waals surface area contributed by atoms with Gasteiger partial charge in [0.25, 0.3) is 0 Å². The molecule has 1 heterocycles. The van der Waals surface area contributed by atoms with Crippen LogP contribution in [-0.2, 0) is 9.53 Å². The quantitative estimate of drug-likeness (QED) is 0.535. The lowest BCUT2D eigenvalue weighted by atomic mass is 10.0. The van der Waals surface area contributed by atoms with Crippen LogP contribution in [0.5, 0.6) is 11.5 Å². The molecule has 3 rings (SSSR count). The van der Waals surface area contributed by atoms with Crippen molar-refractivity contribution in [3.8, 4) is 11.5 Å². The average Bonchev–Trinajstić information content (AvgIpc) is 2.79. The number of hydrogen-bond donors (Lipinski definition) is 1. The highest BCUT2D eigenvalue weighted by molar-refractivity contribution is 9.10. The third-order valence-corrected chi connectivity index (χ3v) is 6.50. The molecule has 2 aromatic rings. The van der Waals surface area contributed by atoms with Gasteiger partial charge in [0, 0.05) is 29.0 Å². The van der Waals surface area contributed by atoms with Crippen LogP contribution >= 0.6 is 27.7 Å². The topological polar surface area (TPSA) is 60.0 Å². The van der Waals surface area contributed by atoms with Gasteiger partial charge in [-0.3, -0.25) is 9.69 Å². The highest BCUT2D eigenvalue weighted by atomic mass is 79.9. The Bertz CT molecular complexity index is 828. The standard InChI is InChI=1S/C22H27BrN2O4S/c1-27-20-8-3-16(13-21(20)28-2)19(25-9-11-29-12-10-25)14-24-22(26)15-30-18-6-4-17(23)5-7-18/h3-8,13,19H,9-12,14-15H2,1-2H3,(H,24,26). The van der Waals surface area contributed by atoms with E-state index in [4.69, 9.17) is 14.2 Å². The van der Waals surface area contributed by atoms with Crippen LogP contribution in [0.1, 0.15) is 11.6 Å². The summed E-state index contributed by atoms with van der Waals surface area (Å²) in [6.07, 6.45) is 0. The van der Waals surface area contributed by atoms with Crippen LogP contribution in [0.3, 0.4) is 0 Å². The lowest BCUT2D eigenvalue weighted by Crippen LogP contribution is -2.44. The molecule has 1 unspecified atom stereocenters. The van der Waals surface area contributed by atoms with Crippen LogP contribution < -0.4 is 14.8 Å². The van der Waals surface area contributed by atoms with Crippen LogP contribution in [0.4, 0.5) is 0 Å². The monoisotopic (exact) mass is 494 g/mol. The van der Waals surface area contributed by atoms with Crippen molar-refractivity contribution in [3.63, 3.8) is 0 Å². The Kier molecular flexibility index (Phi) is 8.87. The number of thioether (sulfide) groups is 1. The van der Waals surface area contributed by atoms with E-state index in [9.17, 15) is 4.79 Å². The molecule has 1 saturated heterocycles. The molecule has 0 radical (unpaired) electrons. The maximum atomic E-state index is 12.5. The number of carbonyl (C=O) groups excluding carboxylic acids is 1. The maximum absolute atomic E-state index is 12.5. The second-order valence-electron chi connectivity index (χ2n) is 6.83. The van der Waals surface area contributed by atoms with E-state index >= 15 is 0 Å². The van der Waals surface area contributed by atoms with Crippen LogP contribution in [0.15, 0.2) is 51.8 Å². The van der Waals surface area contributed by atoms with Gasteiger partial charge in [-0.15, -0.1) is 11.8 Å². The number of nitrogens with zero attached hydrogens (tertiary/aromatic N) is 1. The third kappa shape index (κ3) is 6.38. The molecular formula is C22H27BrN2O4S. The molecule has 0 aromatic heterocycles. The zero-order valence-electron chi connectivity index (χ0n) is 17.2. The van der Waals surface area contributed by atoms with Gasteiger partial charge in [-0.2, -0.15) is 0 Å². The minimum absolute atomic E-state index is 0.0154.